The van der Waals surface area contributed by atoms with Crippen LogP contribution < -0.4 is 4.90 Å². The van der Waals surface area contributed by atoms with Gasteiger partial charge in [-0.3, -0.25) is 4.79 Å². The molecule has 0 saturated carbocycles. The molecule has 0 bridgehead atoms. The second-order valence-corrected chi connectivity index (χ2v) is 8.78. The minimum absolute atomic E-state index is 0.0441. The molecule has 0 unspecified atom stereocenters. The van der Waals surface area contributed by atoms with Crippen LogP contribution in [0.15, 0.2) is 34.1 Å². The first-order valence-electron chi connectivity index (χ1n) is 9.19. The van der Waals surface area contributed by atoms with E-state index in [0.717, 1.165) is 57.6 Å². The van der Waals surface area contributed by atoms with E-state index in [0.29, 0.717) is 6.61 Å². The fourth-order valence-electron chi connectivity index (χ4n) is 3.56. The molecule has 28 heavy (non-hydrogen) atoms. The number of benzene rings is 1. The molecular weight excluding hydrogens is 462 g/mol. The summed E-state index contributed by atoms with van der Waals surface area (Å²) in [4.78, 5) is 24.1. The van der Waals surface area contributed by atoms with Crippen LogP contribution in [-0.4, -0.2) is 35.6 Å². The number of aromatic nitrogens is 2. The van der Waals surface area contributed by atoms with Gasteiger partial charge in [-0.2, -0.15) is 4.98 Å². The van der Waals surface area contributed by atoms with Gasteiger partial charge < -0.3 is 9.64 Å². The summed E-state index contributed by atoms with van der Waals surface area (Å²) in [5.74, 6) is 0.702. The van der Waals surface area contributed by atoms with Crippen LogP contribution in [0.25, 0.3) is 21.3 Å². The monoisotopic (exact) mass is 479 g/mol. The van der Waals surface area contributed by atoms with Crippen LogP contribution >= 0.6 is 38.9 Å². The molecule has 3 aromatic rings. The lowest BCUT2D eigenvalue weighted by molar-refractivity contribution is -0.148. The third kappa shape index (κ3) is 3.88. The quantitative estimate of drug-likeness (QED) is 0.362. The van der Waals surface area contributed by atoms with Crippen molar-refractivity contribution < 1.29 is 9.53 Å². The number of carbonyl (C=O) groups is 1. The van der Waals surface area contributed by atoms with Gasteiger partial charge in [-0.25, -0.2) is 4.98 Å². The molecule has 0 atom stereocenters. The third-order valence-electron chi connectivity index (χ3n) is 4.96. The van der Waals surface area contributed by atoms with Crippen molar-refractivity contribution in [3.63, 3.8) is 0 Å². The van der Waals surface area contributed by atoms with Gasteiger partial charge in [0.1, 0.15) is 10.6 Å². The van der Waals surface area contributed by atoms with Crippen molar-refractivity contribution in [3.8, 4) is 11.1 Å². The first-order chi connectivity index (χ1) is 13.6. The summed E-state index contributed by atoms with van der Waals surface area (Å²) >= 11 is 11.3. The second kappa shape index (κ2) is 8.35. The molecule has 0 spiro atoms. The minimum Gasteiger partial charge on any atom is -0.466 e. The molecule has 3 heterocycles. The standard InChI is InChI=1S/C20H19BrClN3O2S/c1-2-27-19(26)13-7-9-25(10-8-13)17-16-15(12-3-5-14(21)6-4-12)11-28-18(16)24-20(22)23-17/h3-6,11,13H,2,7-10H2,1H3. The third-order valence-corrected chi connectivity index (χ3v) is 6.53. The molecule has 1 fully saturated rings. The number of hydrogen-bond acceptors (Lipinski definition) is 6. The number of rotatable bonds is 4. The van der Waals surface area contributed by atoms with Crippen LogP contribution in [0.4, 0.5) is 5.82 Å². The Morgan fingerprint density at radius 3 is 2.68 bits per heavy atom. The highest BCUT2D eigenvalue weighted by Crippen LogP contribution is 2.40. The number of ether oxygens (including phenoxy) is 1. The summed E-state index contributed by atoms with van der Waals surface area (Å²) in [7, 11) is 0. The Morgan fingerprint density at radius 2 is 2.00 bits per heavy atom. The number of nitrogens with zero attached hydrogens (tertiary/aromatic N) is 3. The zero-order chi connectivity index (χ0) is 19.7. The molecule has 146 valence electrons. The highest BCUT2D eigenvalue weighted by molar-refractivity contribution is 9.10. The van der Waals surface area contributed by atoms with Gasteiger partial charge in [0.2, 0.25) is 5.28 Å². The highest BCUT2D eigenvalue weighted by atomic mass is 79.9. The molecule has 8 heteroatoms. The lowest BCUT2D eigenvalue weighted by Crippen LogP contribution is -2.37. The van der Waals surface area contributed by atoms with Crippen molar-refractivity contribution in [2.75, 3.05) is 24.6 Å². The van der Waals surface area contributed by atoms with E-state index in [1.165, 1.54) is 0 Å². The van der Waals surface area contributed by atoms with Gasteiger partial charge in [0, 0.05) is 28.5 Å². The Morgan fingerprint density at radius 1 is 1.29 bits per heavy atom. The summed E-state index contributed by atoms with van der Waals surface area (Å²) in [5, 5.41) is 3.37. The maximum Gasteiger partial charge on any atom is 0.309 e. The largest absolute Gasteiger partial charge is 0.466 e. The zero-order valence-corrected chi connectivity index (χ0v) is 18.5. The van der Waals surface area contributed by atoms with Gasteiger partial charge in [0.15, 0.2) is 0 Å². The number of hydrogen-bond donors (Lipinski definition) is 0. The molecule has 1 aliphatic heterocycles. The lowest BCUT2D eigenvalue weighted by atomic mass is 9.96. The molecule has 4 rings (SSSR count). The molecule has 2 aromatic heterocycles. The van der Waals surface area contributed by atoms with Crippen molar-refractivity contribution in [3.05, 3.63) is 39.4 Å². The fourth-order valence-corrected chi connectivity index (χ4v) is 4.98. The molecule has 0 aliphatic carbocycles. The van der Waals surface area contributed by atoms with Crippen molar-refractivity contribution in [2.45, 2.75) is 19.8 Å². The van der Waals surface area contributed by atoms with E-state index in [4.69, 9.17) is 16.3 Å². The number of anilines is 1. The summed E-state index contributed by atoms with van der Waals surface area (Å²) in [6.07, 6.45) is 1.50. The van der Waals surface area contributed by atoms with Crippen LogP contribution in [0.2, 0.25) is 5.28 Å². The second-order valence-electron chi connectivity index (χ2n) is 6.67. The predicted octanol–water partition coefficient (Wildman–Crippen LogP) is 5.55. The van der Waals surface area contributed by atoms with E-state index in [1.807, 2.05) is 19.1 Å². The van der Waals surface area contributed by atoms with E-state index in [1.54, 1.807) is 11.3 Å². The first-order valence-corrected chi connectivity index (χ1v) is 11.2. The van der Waals surface area contributed by atoms with Crippen LogP contribution in [-0.2, 0) is 9.53 Å². The average Bonchev–Trinajstić information content (AvgIpc) is 3.12. The average molecular weight is 481 g/mol. The van der Waals surface area contributed by atoms with E-state index in [2.05, 4.69) is 48.3 Å². The molecule has 0 N–H and O–H groups in total. The Balaban J connectivity index is 1.68. The van der Waals surface area contributed by atoms with Gasteiger partial charge in [-0.15, -0.1) is 11.3 Å². The van der Waals surface area contributed by atoms with Gasteiger partial charge in [-0.05, 0) is 49.1 Å². The molecule has 1 aliphatic rings. The smallest absolute Gasteiger partial charge is 0.309 e. The lowest BCUT2D eigenvalue weighted by Gasteiger charge is -2.32. The van der Waals surface area contributed by atoms with Crippen molar-refractivity contribution in [1.82, 2.24) is 9.97 Å². The maximum atomic E-state index is 12.0. The van der Waals surface area contributed by atoms with Crippen molar-refractivity contribution >= 4 is 60.9 Å². The number of piperidine rings is 1. The number of esters is 1. The Kier molecular flexibility index (Phi) is 5.85. The Bertz CT molecular complexity index is 1000. The normalized spacial score (nSPS) is 15.2. The molecular formula is C20H19BrClN3O2S. The number of halogens is 2. The van der Waals surface area contributed by atoms with E-state index in [-0.39, 0.29) is 17.2 Å². The zero-order valence-electron chi connectivity index (χ0n) is 15.3. The molecule has 0 amide bonds. The van der Waals surface area contributed by atoms with Gasteiger partial charge in [-0.1, -0.05) is 28.1 Å². The van der Waals surface area contributed by atoms with E-state index < -0.39 is 0 Å². The number of fused-ring (bicyclic) bond motifs is 1. The number of thiophene rings is 1. The topological polar surface area (TPSA) is 55.3 Å². The van der Waals surface area contributed by atoms with Gasteiger partial charge >= 0.3 is 5.97 Å². The van der Waals surface area contributed by atoms with Crippen LogP contribution in [0.5, 0.6) is 0 Å². The SMILES string of the molecule is CCOC(=O)C1CCN(c2nc(Cl)nc3scc(-c4ccc(Br)cc4)c23)CC1. The number of carbonyl (C=O) groups excluding carboxylic acids is 1. The van der Waals surface area contributed by atoms with Crippen LogP contribution in [0.1, 0.15) is 19.8 Å². The molecule has 1 saturated heterocycles. The van der Waals surface area contributed by atoms with Crippen molar-refractivity contribution in [1.29, 1.82) is 0 Å². The highest BCUT2D eigenvalue weighted by Gasteiger charge is 2.28. The summed E-state index contributed by atoms with van der Waals surface area (Å²) in [5.41, 5.74) is 2.22. The van der Waals surface area contributed by atoms with Crippen LogP contribution in [0.3, 0.4) is 0 Å². The van der Waals surface area contributed by atoms with E-state index >= 15 is 0 Å². The summed E-state index contributed by atoms with van der Waals surface area (Å²) < 4.78 is 6.22. The summed E-state index contributed by atoms with van der Waals surface area (Å²) in [6, 6.07) is 8.22. The summed E-state index contributed by atoms with van der Waals surface area (Å²) in [6.45, 7) is 3.74. The minimum atomic E-state index is -0.0981. The van der Waals surface area contributed by atoms with Crippen LogP contribution in [0, 0.1) is 5.92 Å². The fraction of sp³-hybridized carbons (Fsp3) is 0.350. The van der Waals surface area contributed by atoms with Gasteiger partial charge in [0.05, 0.1) is 17.9 Å². The predicted molar refractivity (Wildman–Crippen MR) is 117 cm³/mol. The molecule has 0 radical (unpaired) electrons. The molecule has 1 aromatic carbocycles. The van der Waals surface area contributed by atoms with Crippen molar-refractivity contribution in [2.24, 2.45) is 5.92 Å². The van der Waals surface area contributed by atoms with E-state index in [9.17, 15) is 4.79 Å². The molecule has 5 nitrogen and oxygen atoms in total. The maximum absolute atomic E-state index is 12.0. The Hall–Kier alpha value is -1.70. The Labute approximate surface area is 180 Å². The first kappa shape index (κ1) is 19.6. The van der Waals surface area contributed by atoms with Gasteiger partial charge in [0.25, 0.3) is 0 Å².